The molecule has 4 nitrogen and oxygen atoms in total. The van der Waals surface area contributed by atoms with Crippen LogP contribution in [0.25, 0.3) is 0 Å². The molecule has 1 heterocycles. The monoisotopic (exact) mass is 349 g/mol. The molecule has 0 aliphatic heterocycles. The Labute approximate surface area is 130 Å². The van der Waals surface area contributed by atoms with Gasteiger partial charge in [0.15, 0.2) is 0 Å². The van der Waals surface area contributed by atoms with Crippen LogP contribution < -0.4 is 11.1 Å². The van der Waals surface area contributed by atoms with Gasteiger partial charge in [0.25, 0.3) is 5.91 Å². The Balaban J connectivity index is 2.25. The van der Waals surface area contributed by atoms with Crippen molar-refractivity contribution in [2.75, 3.05) is 5.32 Å². The second-order valence-electron chi connectivity index (χ2n) is 4.15. The maximum absolute atomic E-state index is 12.2. The molecule has 6 heteroatoms. The average molecular weight is 350 g/mol. The van der Waals surface area contributed by atoms with E-state index in [0.29, 0.717) is 21.9 Å². The summed E-state index contributed by atoms with van der Waals surface area (Å²) in [6.45, 7) is 1.79. The van der Waals surface area contributed by atoms with E-state index < -0.39 is 0 Å². The number of aryl methyl sites for hydroxylation is 1. The van der Waals surface area contributed by atoms with Crippen molar-refractivity contribution in [3.63, 3.8) is 0 Å². The molecular formula is C14H12BrN3OS. The minimum absolute atomic E-state index is 0.209. The van der Waals surface area contributed by atoms with Gasteiger partial charge < -0.3 is 11.1 Å². The van der Waals surface area contributed by atoms with Crippen LogP contribution in [0.5, 0.6) is 0 Å². The van der Waals surface area contributed by atoms with Gasteiger partial charge in [0.1, 0.15) is 4.99 Å². The number of hydrogen-bond donors (Lipinski definition) is 2. The minimum atomic E-state index is -0.209. The Morgan fingerprint density at radius 2 is 2.15 bits per heavy atom. The maximum atomic E-state index is 12.2. The number of carbonyl (C=O) groups excluding carboxylic acids is 1. The molecule has 3 N–H and O–H groups in total. The van der Waals surface area contributed by atoms with Crippen LogP contribution in [0.15, 0.2) is 41.0 Å². The third-order valence-corrected chi connectivity index (χ3v) is 3.65. The second-order valence-corrected chi connectivity index (χ2v) is 5.44. The van der Waals surface area contributed by atoms with Crippen molar-refractivity contribution in [1.82, 2.24) is 4.98 Å². The van der Waals surface area contributed by atoms with Gasteiger partial charge >= 0.3 is 0 Å². The number of aromatic nitrogens is 1. The number of benzene rings is 1. The molecule has 0 aliphatic rings. The zero-order valence-corrected chi connectivity index (χ0v) is 13.1. The lowest BCUT2D eigenvalue weighted by Crippen LogP contribution is -2.15. The van der Waals surface area contributed by atoms with Crippen LogP contribution in [-0.2, 0) is 0 Å². The van der Waals surface area contributed by atoms with Crippen LogP contribution in [-0.4, -0.2) is 15.9 Å². The summed E-state index contributed by atoms with van der Waals surface area (Å²) in [4.78, 5) is 16.6. The number of nitrogens with zero attached hydrogens (tertiary/aromatic N) is 1. The van der Waals surface area contributed by atoms with Crippen LogP contribution in [0.3, 0.4) is 0 Å². The van der Waals surface area contributed by atoms with Gasteiger partial charge in [-0.05, 0) is 53.2 Å². The van der Waals surface area contributed by atoms with E-state index in [9.17, 15) is 4.79 Å². The molecule has 20 heavy (non-hydrogen) atoms. The quantitative estimate of drug-likeness (QED) is 0.835. The number of amides is 1. The molecule has 1 amide bonds. The zero-order chi connectivity index (χ0) is 14.7. The summed E-state index contributed by atoms with van der Waals surface area (Å²) in [5.74, 6) is -0.209. The van der Waals surface area contributed by atoms with Gasteiger partial charge in [0.2, 0.25) is 0 Å². The standard InChI is InChI=1S/C14H12BrN3OS/c1-8-10(3-2-6-17-8)14(19)18-12-5-4-9(13(16)20)7-11(12)15/h2-7H,1H3,(H2,16,20)(H,18,19). The third-order valence-electron chi connectivity index (χ3n) is 2.75. The Kier molecular flexibility index (Phi) is 4.46. The Morgan fingerprint density at radius 1 is 1.40 bits per heavy atom. The van der Waals surface area contributed by atoms with Crippen LogP contribution >= 0.6 is 28.1 Å². The molecule has 0 radical (unpaired) electrons. The fraction of sp³-hybridized carbons (Fsp3) is 0.0714. The summed E-state index contributed by atoms with van der Waals surface area (Å²) in [5, 5.41) is 2.82. The summed E-state index contributed by atoms with van der Waals surface area (Å²) in [6, 6.07) is 8.75. The van der Waals surface area contributed by atoms with Gasteiger partial charge in [-0.3, -0.25) is 9.78 Å². The second kappa shape index (κ2) is 6.11. The number of carbonyl (C=O) groups is 1. The molecule has 0 bridgehead atoms. The summed E-state index contributed by atoms with van der Waals surface area (Å²) in [7, 11) is 0. The molecule has 2 aromatic rings. The SMILES string of the molecule is Cc1ncccc1C(=O)Nc1ccc(C(N)=S)cc1Br. The number of nitrogens with one attached hydrogen (secondary N) is 1. The van der Waals surface area contributed by atoms with Crippen LogP contribution in [0, 0.1) is 6.92 Å². The average Bonchev–Trinajstić information content (AvgIpc) is 2.41. The molecule has 1 aromatic heterocycles. The third kappa shape index (κ3) is 3.20. The minimum Gasteiger partial charge on any atom is -0.389 e. The van der Waals surface area contributed by atoms with Gasteiger partial charge in [-0.2, -0.15) is 0 Å². The van der Waals surface area contributed by atoms with E-state index in [4.69, 9.17) is 18.0 Å². The number of rotatable bonds is 3. The van der Waals surface area contributed by atoms with Crippen molar-refractivity contribution in [1.29, 1.82) is 0 Å². The van der Waals surface area contributed by atoms with Gasteiger partial charge in [-0.1, -0.05) is 12.2 Å². The predicted molar refractivity (Wildman–Crippen MR) is 87.0 cm³/mol. The fourth-order valence-electron chi connectivity index (χ4n) is 1.68. The number of hydrogen-bond acceptors (Lipinski definition) is 3. The molecule has 0 unspecified atom stereocenters. The lowest BCUT2D eigenvalue weighted by Gasteiger charge is -2.10. The van der Waals surface area contributed by atoms with Crippen LogP contribution in [0.2, 0.25) is 0 Å². The van der Waals surface area contributed by atoms with Gasteiger partial charge in [0.05, 0.1) is 11.3 Å². The first-order chi connectivity index (χ1) is 9.49. The van der Waals surface area contributed by atoms with E-state index in [0.717, 1.165) is 10.0 Å². The lowest BCUT2D eigenvalue weighted by molar-refractivity contribution is 0.102. The van der Waals surface area contributed by atoms with Crippen molar-refractivity contribution in [2.24, 2.45) is 5.73 Å². The highest BCUT2D eigenvalue weighted by Crippen LogP contribution is 2.24. The first-order valence-corrected chi connectivity index (χ1v) is 7.01. The number of thiocarbonyl (C=S) groups is 1. The molecule has 0 spiro atoms. The largest absolute Gasteiger partial charge is 0.389 e. The number of pyridine rings is 1. The van der Waals surface area contributed by atoms with Gasteiger partial charge in [0, 0.05) is 21.9 Å². The number of nitrogens with two attached hydrogens (primary N) is 1. The Morgan fingerprint density at radius 3 is 2.75 bits per heavy atom. The van der Waals surface area contributed by atoms with Gasteiger partial charge in [-0.25, -0.2) is 0 Å². The zero-order valence-electron chi connectivity index (χ0n) is 10.7. The van der Waals surface area contributed by atoms with Crippen molar-refractivity contribution >= 4 is 44.7 Å². The highest BCUT2D eigenvalue weighted by molar-refractivity contribution is 9.10. The Bertz CT molecular complexity index is 688. The molecule has 2 rings (SSSR count). The van der Waals surface area contributed by atoms with Crippen molar-refractivity contribution in [2.45, 2.75) is 6.92 Å². The first kappa shape index (κ1) is 14.6. The summed E-state index contributed by atoms with van der Waals surface area (Å²) in [6.07, 6.45) is 1.65. The molecule has 0 aliphatic carbocycles. The fourth-order valence-corrected chi connectivity index (χ4v) is 2.29. The normalized spacial score (nSPS) is 10.1. The van der Waals surface area contributed by atoms with Crippen LogP contribution in [0.1, 0.15) is 21.6 Å². The van der Waals surface area contributed by atoms with E-state index in [-0.39, 0.29) is 5.91 Å². The van der Waals surface area contributed by atoms with E-state index in [1.54, 1.807) is 43.5 Å². The smallest absolute Gasteiger partial charge is 0.257 e. The van der Waals surface area contributed by atoms with E-state index in [1.165, 1.54) is 0 Å². The highest BCUT2D eigenvalue weighted by atomic mass is 79.9. The molecule has 0 fully saturated rings. The number of halogens is 1. The predicted octanol–water partition coefficient (Wildman–Crippen LogP) is 3.04. The lowest BCUT2D eigenvalue weighted by atomic mass is 10.1. The van der Waals surface area contributed by atoms with E-state index in [1.807, 2.05) is 0 Å². The first-order valence-electron chi connectivity index (χ1n) is 5.81. The molecular weight excluding hydrogens is 338 g/mol. The van der Waals surface area contributed by atoms with Crippen LogP contribution in [0.4, 0.5) is 5.69 Å². The summed E-state index contributed by atoms with van der Waals surface area (Å²) < 4.78 is 0.720. The number of anilines is 1. The van der Waals surface area contributed by atoms with E-state index in [2.05, 4.69) is 26.2 Å². The molecule has 0 saturated heterocycles. The molecule has 102 valence electrons. The molecule has 0 saturated carbocycles. The summed E-state index contributed by atoms with van der Waals surface area (Å²) in [5.41, 5.74) is 8.17. The summed E-state index contributed by atoms with van der Waals surface area (Å²) >= 11 is 8.30. The van der Waals surface area contributed by atoms with Crippen molar-refractivity contribution < 1.29 is 4.79 Å². The molecule has 0 atom stereocenters. The highest BCUT2D eigenvalue weighted by Gasteiger charge is 2.11. The topological polar surface area (TPSA) is 68.0 Å². The molecule has 1 aromatic carbocycles. The van der Waals surface area contributed by atoms with Gasteiger partial charge in [-0.15, -0.1) is 0 Å². The van der Waals surface area contributed by atoms with Crippen molar-refractivity contribution in [3.05, 3.63) is 57.8 Å². The maximum Gasteiger partial charge on any atom is 0.257 e. The Hall–Kier alpha value is -1.79. The van der Waals surface area contributed by atoms with E-state index >= 15 is 0 Å². The van der Waals surface area contributed by atoms with Crippen molar-refractivity contribution in [3.8, 4) is 0 Å².